The second-order valence-electron chi connectivity index (χ2n) is 15.1. The topological polar surface area (TPSA) is 178 Å². The quantitative estimate of drug-likeness (QED) is 0.127. The van der Waals surface area contributed by atoms with Gasteiger partial charge in [-0.2, -0.15) is 14.5 Å². The van der Waals surface area contributed by atoms with Gasteiger partial charge in [0.15, 0.2) is 0 Å². The third-order valence-corrected chi connectivity index (χ3v) is 11.1. The summed E-state index contributed by atoms with van der Waals surface area (Å²) in [6.07, 6.45) is -3.42. The van der Waals surface area contributed by atoms with Crippen molar-refractivity contribution in [3.63, 3.8) is 0 Å². The van der Waals surface area contributed by atoms with E-state index in [9.17, 15) is 34.7 Å². The van der Waals surface area contributed by atoms with Gasteiger partial charge in [-0.25, -0.2) is 18.4 Å². The van der Waals surface area contributed by atoms with Gasteiger partial charge < -0.3 is 30.3 Å². The minimum Gasteiger partial charge on any atom is -0.495 e. The number of quaternary nitrogens is 1. The van der Waals surface area contributed by atoms with E-state index in [1.54, 1.807) is 0 Å². The highest BCUT2D eigenvalue weighted by Crippen LogP contribution is 2.53. The predicted molar refractivity (Wildman–Crippen MR) is 202 cm³/mol. The van der Waals surface area contributed by atoms with E-state index in [4.69, 9.17) is 32.7 Å². The van der Waals surface area contributed by atoms with Crippen LogP contribution in [0.3, 0.4) is 0 Å². The van der Waals surface area contributed by atoms with Crippen molar-refractivity contribution in [2.75, 3.05) is 38.6 Å². The Bertz CT molecular complexity index is 2080. The number of halogens is 4. The highest BCUT2D eigenvalue weighted by atomic mass is 35.5. The van der Waals surface area contributed by atoms with Gasteiger partial charge in [0, 0.05) is 29.5 Å². The van der Waals surface area contributed by atoms with Gasteiger partial charge in [-0.05, 0) is 53.8 Å². The molecule has 13 nitrogen and oxygen atoms in total. The number of esters is 1. The van der Waals surface area contributed by atoms with Crippen LogP contribution in [0, 0.1) is 28.4 Å². The molecule has 3 aromatic rings. The van der Waals surface area contributed by atoms with Crippen molar-refractivity contribution in [2.24, 2.45) is 5.41 Å². The molecule has 0 aliphatic carbocycles. The summed E-state index contributed by atoms with van der Waals surface area (Å²) in [5.74, 6) is -4.67. The molecule has 3 aromatic carbocycles. The zero-order valence-corrected chi connectivity index (χ0v) is 32.8. The molecule has 0 aromatic heterocycles. The number of nitrogens with zero attached hydrogens (tertiary/aromatic N) is 3. The summed E-state index contributed by atoms with van der Waals surface area (Å²) < 4.78 is 42.4. The average molecular weight is 818 g/mol. The average Bonchev–Trinajstić information content (AvgIpc) is 3.45. The minimum absolute atomic E-state index is 0.00248. The van der Waals surface area contributed by atoms with Gasteiger partial charge >= 0.3 is 18.2 Å². The molecule has 5 atom stereocenters. The first-order valence-corrected chi connectivity index (χ1v) is 18.4. The van der Waals surface area contributed by atoms with Crippen molar-refractivity contribution in [3.8, 4) is 11.8 Å². The van der Waals surface area contributed by atoms with E-state index in [0.29, 0.717) is 0 Å². The lowest BCUT2D eigenvalue weighted by Gasteiger charge is -2.42. The van der Waals surface area contributed by atoms with Gasteiger partial charge in [0.1, 0.15) is 35.9 Å². The molecule has 0 saturated carbocycles. The number of benzene rings is 3. The highest BCUT2D eigenvalue weighted by Gasteiger charge is 2.61. The lowest BCUT2D eigenvalue weighted by molar-refractivity contribution is -0.904. The smallest absolute Gasteiger partial charge is 0.495 e. The van der Waals surface area contributed by atoms with Crippen molar-refractivity contribution in [3.05, 3.63) is 93.0 Å². The second-order valence-corrected chi connectivity index (χ2v) is 16.0. The summed E-state index contributed by atoms with van der Waals surface area (Å²) in [7, 11) is 1.29. The van der Waals surface area contributed by atoms with Gasteiger partial charge in [0.2, 0.25) is 12.1 Å². The Morgan fingerprint density at radius 2 is 1.77 bits per heavy atom. The van der Waals surface area contributed by atoms with Crippen LogP contribution in [0.2, 0.25) is 10.0 Å². The molecule has 4 N–H and O–H groups in total. The number of methoxy groups -OCH3 is 1. The maximum absolute atomic E-state index is 16.1. The number of rotatable bonds is 9. The summed E-state index contributed by atoms with van der Waals surface area (Å²) >= 11 is 12.4. The van der Waals surface area contributed by atoms with Crippen molar-refractivity contribution < 1.29 is 52.1 Å². The van der Waals surface area contributed by atoms with Crippen LogP contribution in [-0.4, -0.2) is 95.3 Å². The van der Waals surface area contributed by atoms with Crippen LogP contribution in [0.4, 0.5) is 24.1 Å². The van der Waals surface area contributed by atoms with E-state index < -0.39 is 75.2 Å². The Labute approximate surface area is 332 Å². The summed E-state index contributed by atoms with van der Waals surface area (Å²) in [4.78, 5) is 52.6. The number of carbonyl (C=O) groups is 4. The normalized spacial score (nSPS) is 22.4. The molecule has 5 rings (SSSR count). The fourth-order valence-electron chi connectivity index (χ4n) is 7.74. The molecular weight excluding hydrogens is 775 g/mol. The van der Waals surface area contributed by atoms with Gasteiger partial charge in [-0.15, -0.1) is 0 Å². The van der Waals surface area contributed by atoms with Crippen molar-refractivity contribution in [1.29, 1.82) is 5.26 Å². The van der Waals surface area contributed by atoms with Gasteiger partial charge in [0.05, 0.1) is 48.6 Å². The highest BCUT2D eigenvalue weighted by molar-refractivity contribution is 6.31. The number of piperazine rings is 1. The van der Waals surface area contributed by atoms with Gasteiger partial charge in [0.25, 0.3) is 0 Å². The Morgan fingerprint density at radius 3 is 2.34 bits per heavy atom. The molecule has 0 radical (unpaired) electrons. The molecule has 1 unspecified atom stereocenters. The number of nitriles is 1. The van der Waals surface area contributed by atoms with Crippen LogP contribution in [0.1, 0.15) is 61.5 Å². The molecule has 2 fully saturated rings. The van der Waals surface area contributed by atoms with E-state index >= 15 is 8.78 Å². The van der Waals surface area contributed by atoms with Crippen LogP contribution in [0.5, 0.6) is 5.75 Å². The SMILES string of the molecule is COc1cc(C(=O)OC(C)[N+]2(C(=O)O)CCN(C(=O)O)CC2)ccc1NC(=O)[C@@H]1N[C@@H](CC(C)(C)C)[C@](C#N)(c2ccc(Cl)cc2F)[C@H]1c1cccc(Cl)c1F. The molecule has 2 heterocycles. The maximum atomic E-state index is 16.1. The zero-order valence-electron chi connectivity index (χ0n) is 31.2. The molecule has 17 heteroatoms. The molecule has 2 saturated heterocycles. The molecule has 2 aliphatic rings. The van der Waals surface area contributed by atoms with Crippen LogP contribution in [-0.2, 0) is 14.9 Å². The van der Waals surface area contributed by atoms with E-state index in [1.165, 1.54) is 62.6 Å². The van der Waals surface area contributed by atoms with Crippen LogP contribution in [0.25, 0.3) is 0 Å². The van der Waals surface area contributed by atoms with E-state index in [1.807, 2.05) is 20.8 Å². The molecule has 298 valence electrons. The molecule has 56 heavy (non-hydrogen) atoms. The van der Waals surface area contributed by atoms with Crippen molar-refractivity contribution in [1.82, 2.24) is 10.2 Å². The van der Waals surface area contributed by atoms with Gasteiger partial charge in [-0.1, -0.05) is 62.2 Å². The first-order chi connectivity index (χ1) is 26.3. The van der Waals surface area contributed by atoms with E-state index in [-0.39, 0.29) is 70.8 Å². The summed E-state index contributed by atoms with van der Waals surface area (Å²) in [5, 5.41) is 36.3. The number of nitrogens with one attached hydrogen (secondary N) is 2. The summed E-state index contributed by atoms with van der Waals surface area (Å²) in [5.41, 5.74) is -2.48. The van der Waals surface area contributed by atoms with Crippen LogP contribution >= 0.6 is 23.2 Å². The minimum atomic E-state index is -1.86. The zero-order chi connectivity index (χ0) is 41.3. The number of ether oxygens (including phenoxy) is 2. The van der Waals surface area contributed by atoms with Crippen LogP contribution < -0.4 is 15.4 Å². The van der Waals surface area contributed by atoms with Crippen LogP contribution in [0.15, 0.2) is 54.6 Å². The lowest BCUT2D eigenvalue weighted by atomic mass is 9.62. The Kier molecular flexibility index (Phi) is 12.2. The number of amides is 3. The van der Waals surface area contributed by atoms with Crippen molar-refractivity contribution in [2.45, 2.75) is 63.8 Å². The largest absolute Gasteiger partial charge is 0.516 e. The lowest BCUT2D eigenvalue weighted by Crippen LogP contribution is -2.67. The fraction of sp³-hybridized carbons (Fsp3) is 0.410. The second kappa shape index (κ2) is 16.2. The summed E-state index contributed by atoms with van der Waals surface area (Å²) in [6.45, 7) is 6.74. The van der Waals surface area contributed by atoms with Gasteiger partial charge in [-0.3, -0.25) is 9.69 Å². The standard InChI is InChI=1S/C39H41Cl2F2N5O8/c1-21(48(37(53)54)15-13-47(14-16-48)36(51)52)56-35(50)22-9-12-28(29(17-22)55-5)45-34(49)33-31(24-7-6-8-26(41)32(24)43)39(20-44,30(46-33)19-38(2,3)4)25-11-10-23(40)18-27(25)42/h6-12,17-18,21,30-31,33,46H,13-16,19H2,1-5H3,(H2-,45,49,50,51,52,53,54)/p+1/t21?,30-,31-,33+,39-/m0/s1. The first kappa shape index (κ1) is 42.1. The Morgan fingerprint density at radius 1 is 1.09 bits per heavy atom. The monoisotopic (exact) mass is 816 g/mol. The number of carboxylic acid groups (broad SMARTS) is 2. The fourth-order valence-corrected chi connectivity index (χ4v) is 8.08. The Balaban J connectivity index is 1.50. The Hall–Kier alpha value is -5.01. The third-order valence-electron chi connectivity index (χ3n) is 10.6. The van der Waals surface area contributed by atoms with Crippen molar-refractivity contribution >= 4 is 53.0 Å². The molecule has 3 amide bonds. The summed E-state index contributed by atoms with van der Waals surface area (Å²) in [6, 6.07) is 12.1. The predicted octanol–water partition coefficient (Wildman–Crippen LogP) is 7.23. The van der Waals surface area contributed by atoms with E-state index in [2.05, 4.69) is 16.7 Å². The number of hydrogen-bond acceptors (Lipinski definition) is 8. The molecule has 0 spiro atoms. The maximum Gasteiger partial charge on any atom is 0.516 e. The number of anilines is 1. The third kappa shape index (κ3) is 7.97. The molecule has 2 aliphatic heterocycles. The van der Waals surface area contributed by atoms with E-state index in [0.717, 1.165) is 11.0 Å². The molecule has 0 bridgehead atoms. The number of hydrogen-bond donors (Lipinski definition) is 4. The molecular formula is C39H42Cl2F2N5O8+. The first-order valence-electron chi connectivity index (χ1n) is 17.6. The number of carbonyl (C=O) groups excluding carboxylic acids is 2.